The maximum absolute atomic E-state index is 11.2. The van der Waals surface area contributed by atoms with E-state index in [9.17, 15) is 10.1 Å². The van der Waals surface area contributed by atoms with Crippen molar-refractivity contribution in [2.45, 2.75) is 0 Å². The zero-order chi connectivity index (χ0) is 13.8. The number of halogens is 1. The Kier molecular flexibility index (Phi) is 4.20. The van der Waals surface area contributed by atoms with Crippen LogP contribution in [-0.4, -0.2) is 12.0 Å². The Morgan fingerprint density at radius 2 is 1.74 bits per heavy atom. The summed E-state index contributed by atoms with van der Waals surface area (Å²) in [6, 6.07) is 12.8. The monoisotopic (exact) mass is 369 g/mol. The SMILES string of the molecule is CNc1cccc(Nc2ccc(I)cc2)c1[N+](=O)[O-]. The number of nitrogens with one attached hydrogen (secondary N) is 2. The molecule has 6 heteroatoms. The van der Waals surface area contributed by atoms with E-state index in [4.69, 9.17) is 0 Å². The lowest BCUT2D eigenvalue weighted by molar-refractivity contribution is -0.383. The van der Waals surface area contributed by atoms with Gasteiger partial charge in [0.05, 0.1) is 4.92 Å². The van der Waals surface area contributed by atoms with Gasteiger partial charge >= 0.3 is 5.69 Å². The molecule has 19 heavy (non-hydrogen) atoms. The van der Waals surface area contributed by atoms with Crippen molar-refractivity contribution in [1.82, 2.24) is 0 Å². The number of para-hydroxylation sites is 1. The molecule has 0 aromatic heterocycles. The number of benzene rings is 2. The molecule has 0 fully saturated rings. The van der Waals surface area contributed by atoms with E-state index in [-0.39, 0.29) is 10.6 Å². The third-order valence-corrected chi connectivity index (χ3v) is 3.33. The Bertz CT molecular complexity index is 599. The zero-order valence-electron chi connectivity index (χ0n) is 10.2. The Hall–Kier alpha value is -1.83. The first-order valence-corrected chi connectivity index (χ1v) is 6.67. The van der Waals surface area contributed by atoms with Crippen LogP contribution < -0.4 is 10.6 Å². The summed E-state index contributed by atoms with van der Waals surface area (Å²) in [7, 11) is 1.66. The maximum Gasteiger partial charge on any atom is 0.315 e. The summed E-state index contributed by atoms with van der Waals surface area (Å²) in [6.07, 6.45) is 0. The number of nitro groups is 1. The molecule has 2 aromatic rings. The molecule has 0 heterocycles. The van der Waals surface area contributed by atoms with Crippen LogP contribution in [0.5, 0.6) is 0 Å². The van der Waals surface area contributed by atoms with Gasteiger partial charge in [-0.15, -0.1) is 0 Å². The van der Waals surface area contributed by atoms with E-state index in [1.165, 1.54) is 0 Å². The largest absolute Gasteiger partial charge is 0.382 e. The van der Waals surface area contributed by atoms with Crippen molar-refractivity contribution < 1.29 is 4.92 Å². The molecule has 0 saturated heterocycles. The van der Waals surface area contributed by atoms with Crippen molar-refractivity contribution >= 4 is 45.3 Å². The number of nitro benzene ring substituents is 1. The van der Waals surface area contributed by atoms with Crippen molar-refractivity contribution in [2.24, 2.45) is 0 Å². The van der Waals surface area contributed by atoms with Crippen molar-refractivity contribution in [3.05, 3.63) is 56.1 Å². The molecule has 0 atom stereocenters. The molecule has 2 rings (SSSR count). The summed E-state index contributed by atoms with van der Waals surface area (Å²) < 4.78 is 1.11. The van der Waals surface area contributed by atoms with Gasteiger partial charge in [-0.2, -0.15) is 0 Å². The molecule has 0 aliphatic heterocycles. The van der Waals surface area contributed by atoms with Gasteiger partial charge in [0, 0.05) is 16.3 Å². The van der Waals surface area contributed by atoms with E-state index in [0.29, 0.717) is 11.4 Å². The van der Waals surface area contributed by atoms with Gasteiger partial charge in [-0.25, -0.2) is 0 Å². The molecule has 0 amide bonds. The first-order valence-electron chi connectivity index (χ1n) is 5.59. The van der Waals surface area contributed by atoms with Gasteiger partial charge in [0.25, 0.3) is 0 Å². The highest BCUT2D eigenvalue weighted by Crippen LogP contribution is 2.34. The fraction of sp³-hybridized carbons (Fsp3) is 0.0769. The number of anilines is 3. The van der Waals surface area contributed by atoms with Crippen molar-refractivity contribution in [3.8, 4) is 0 Å². The van der Waals surface area contributed by atoms with Gasteiger partial charge in [0.1, 0.15) is 11.4 Å². The van der Waals surface area contributed by atoms with E-state index >= 15 is 0 Å². The minimum Gasteiger partial charge on any atom is -0.382 e. The zero-order valence-corrected chi connectivity index (χ0v) is 12.3. The molecule has 5 nitrogen and oxygen atoms in total. The van der Waals surface area contributed by atoms with Crippen molar-refractivity contribution in [1.29, 1.82) is 0 Å². The van der Waals surface area contributed by atoms with Crippen LogP contribution in [0.2, 0.25) is 0 Å². The lowest BCUT2D eigenvalue weighted by Gasteiger charge is -2.10. The minimum atomic E-state index is -0.388. The Labute approximate surface area is 124 Å². The maximum atomic E-state index is 11.2. The molecule has 98 valence electrons. The fourth-order valence-corrected chi connectivity index (χ4v) is 2.09. The van der Waals surface area contributed by atoms with Gasteiger partial charge in [-0.05, 0) is 59.0 Å². The number of hydrogen-bond donors (Lipinski definition) is 2. The highest BCUT2D eigenvalue weighted by molar-refractivity contribution is 14.1. The predicted octanol–water partition coefficient (Wildman–Crippen LogP) is 3.98. The minimum absolute atomic E-state index is 0.0450. The van der Waals surface area contributed by atoms with E-state index in [2.05, 4.69) is 33.2 Å². The normalized spacial score (nSPS) is 10.0. The predicted molar refractivity (Wildman–Crippen MR) is 85.1 cm³/mol. The van der Waals surface area contributed by atoms with Gasteiger partial charge in [0.2, 0.25) is 0 Å². The summed E-state index contributed by atoms with van der Waals surface area (Å²) in [4.78, 5) is 10.8. The number of rotatable bonds is 4. The second kappa shape index (κ2) is 5.87. The average Bonchev–Trinajstić information content (AvgIpc) is 2.40. The summed E-state index contributed by atoms with van der Waals surface area (Å²) in [5.74, 6) is 0. The molecule has 0 aliphatic carbocycles. The molecule has 0 aliphatic rings. The quantitative estimate of drug-likeness (QED) is 0.486. The number of nitrogens with zero attached hydrogens (tertiary/aromatic N) is 1. The van der Waals surface area contributed by atoms with Crippen LogP contribution in [0.1, 0.15) is 0 Å². The summed E-state index contributed by atoms with van der Waals surface area (Å²) >= 11 is 2.21. The van der Waals surface area contributed by atoms with Gasteiger partial charge < -0.3 is 10.6 Å². The fourth-order valence-electron chi connectivity index (χ4n) is 1.73. The first-order chi connectivity index (χ1) is 9.11. The van der Waals surface area contributed by atoms with Crippen LogP contribution in [0.15, 0.2) is 42.5 Å². The van der Waals surface area contributed by atoms with E-state index in [1.807, 2.05) is 24.3 Å². The van der Waals surface area contributed by atoms with Crippen LogP contribution in [0.4, 0.5) is 22.7 Å². The highest BCUT2D eigenvalue weighted by atomic mass is 127. The van der Waals surface area contributed by atoms with Crippen LogP contribution in [0, 0.1) is 13.7 Å². The Balaban J connectivity index is 2.39. The summed E-state index contributed by atoms with van der Waals surface area (Å²) in [5.41, 5.74) is 1.82. The topological polar surface area (TPSA) is 67.2 Å². The van der Waals surface area contributed by atoms with E-state index in [1.54, 1.807) is 25.2 Å². The molecule has 2 aromatic carbocycles. The molecular formula is C13H12IN3O2. The molecule has 0 radical (unpaired) electrons. The van der Waals surface area contributed by atoms with Gasteiger partial charge in [-0.1, -0.05) is 6.07 Å². The number of hydrogen-bond acceptors (Lipinski definition) is 4. The van der Waals surface area contributed by atoms with Crippen molar-refractivity contribution in [3.63, 3.8) is 0 Å². The van der Waals surface area contributed by atoms with E-state index < -0.39 is 0 Å². The molecular weight excluding hydrogens is 357 g/mol. The van der Waals surface area contributed by atoms with Crippen LogP contribution in [-0.2, 0) is 0 Å². The smallest absolute Gasteiger partial charge is 0.315 e. The molecule has 0 unspecified atom stereocenters. The van der Waals surface area contributed by atoms with Crippen molar-refractivity contribution in [2.75, 3.05) is 17.7 Å². The second-order valence-corrected chi connectivity index (χ2v) is 5.09. The molecule has 0 bridgehead atoms. The highest BCUT2D eigenvalue weighted by Gasteiger charge is 2.18. The van der Waals surface area contributed by atoms with Crippen LogP contribution in [0.3, 0.4) is 0 Å². The third-order valence-electron chi connectivity index (χ3n) is 2.61. The first kappa shape index (κ1) is 13.6. The lowest BCUT2D eigenvalue weighted by Crippen LogP contribution is -2.01. The lowest BCUT2D eigenvalue weighted by atomic mass is 10.2. The van der Waals surface area contributed by atoms with Gasteiger partial charge in [0.15, 0.2) is 0 Å². The average molecular weight is 369 g/mol. The third kappa shape index (κ3) is 3.14. The summed E-state index contributed by atoms with van der Waals surface area (Å²) in [5, 5.41) is 17.1. The van der Waals surface area contributed by atoms with Crippen LogP contribution >= 0.6 is 22.6 Å². The van der Waals surface area contributed by atoms with Gasteiger partial charge in [-0.3, -0.25) is 10.1 Å². The standard InChI is InChI=1S/C13H12IN3O2/c1-15-11-3-2-4-12(13(11)17(18)19)16-10-7-5-9(14)6-8-10/h2-8,15-16H,1H3. The molecule has 0 saturated carbocycles. The molecule has 2 N–H and O–H groups in total. The Morgan fingerprint density at radius 1 is 1.11 bits per heavy atom. The summed E-state index contributed by atoms with van der Waals surface area (Å²) in [6.45, 7) is 0. The Morgan fingerprint density at radius 3 is 2.32 bits per heavy atom. The van der Waals surface area contributed by atoms with Crippen LogP contribution in [0.25, 0.3) is 0 Å². The van der Waals surface area contributed by atoms with E-state index in [0.717, 1.165) is 9.26 Å². The second-order valence-electron chi connectivity index (χ2n) is 3.84. The molecule has 0 spiro atoms.